The third-order valence-electron chi connectivity index (χ3n) is 1.12. The maximum absolute atomic E-state index is 10.4. The zero-order valence-electron chi connectivity index (χ0n) is 10.1. The van der Waals surface area contributed by atoms with Crippen LogP contribution in [0.15, 0.2) is 24.3 Å². The van der Waals surface area contributed by atoms with Gasteiger partial charge in [-0.25, -0.2) is 0 Å². The monoisotopic (exact) mass is 200 g/mol. The number of ether oxygens (including phenoxy) is 1. The molecule has 0 fully saturated rings. The number of carbonyl (C=O) groups excluding carboxylic acids is 1. The van der Waals surface area contributed by atoms with Crippen molar-refractivity contribution in [2.45, 2.75) is 6.92 Å². The summed E-state index contributed by atoms with van der Waals surface area (Å²) >= 11 is 0. The first-order valence-corrected chi connectivity index (χ1v) is 3.16. The molecular formula is C8H10Na2O3. The van der Waals surface area contributed by atoms with Crippen molar-refractivity contribution in [2.24, 2.45) is 0 Å². The molecule has 13 heavy (non-hydrogen) atoms. The van der Waals surface area contributed by atoms with Crippen LogP contribution in [-0.2, 0) is 4.79 Å². The number of aromatic hydroxyl groups is 1. The fraction of sp³-hybridized carbons (Fsp3) is 0.125. The Kier molecular flexibility index (Phi) is 9.63. The molecule has 0 radical (unpaired) electrons. The molecule has 3 nitrogen and oxygen atoms in total. The number of esters is 1. The molecule has 5 heteroatoms. The minimum Gasteiger partial charge on any atom is -1.00 e. The van der Waals surface area contributed by atoms with Crippen LogP contribution in [0, 0.1) is 0 Å². The SMILES string of the molecule is CC(=O)Oc1ccccc1O.[H-].[H-].[Na+].[Na+]. The van der Waals surface area contributed by atoms with Gasteiger partial charge in [0.1, 0.15) is 0 Å². The minimum absolute atomic E-state index is 0. The largest absolute Gasteiger partial charge is 1.00 e. The van der Waals surface area contributed by atoms with Crippen molar-refractivity contribution >= 4 is 5.97 Å². The number of rotatable bonds is 1. The molecule has 0 atom stereocenters. The van der Waals surface area contributed by atoms with E-state index in [0.29, 0.717) is 0 Å². The van der Waals surface area contributed by atoms with E-state index in [1.807, 2.05) is 0 Å². The van der Waals surface area contributed by atoms with Gasteiger partial charge in [-0.15, -0.1) is 0 Å². The van der Waals surface area contributed by atoms with E-state index in [2.05, 4.69) is 4.74 Å². The normalized spacial score (nSPS) is 7.77. The fourth-order valence-corrected chi connectivity index (χ4v) is 0.698. The second-order valence-corrected chi connectivity index (χ2v) is 2.06. The number of para-hydroxylation sites is 2. The van der Waals surface area contributed by atoms with Crippen molar-refractivity contribution in [1.29, 1.82) is 0 Å². The van der Waals surface area contributed by atoms with Gasteiger partial charge in [-0.1, -0.05) is 12.1 Å². The summed E-state index contributed by atoms with van der Waals surface area (Å²) in [4.78, 5) is 10.4. The molecule has 0 bridgehead atoms. The molecule has 0 aliphatic rings. The van der Waals surface area contributed by atoms with Gasteiger partial charge in [0.2, 0.25) is 0 Å². The third kappa shape index (κ3) is 5.73. The Hall–Kier alpha value is 0.490. The van der Waals surface area contributed by atoms with Crippen LogP contribution in [0.3, 0.4) is 0 Å². The summed E-state index contributed by atoms with van der Waals surface area (Å²) in [5.41, 5.74) is 0. The zero-order valence-corrected chi connectivity index (χ0v) is 12.1. The van der Waals surface area contributed by atoms with E-state index >= 15 is 0 Å². The molecule has 0 saturated heterocycles. The quantitative estimate of drug-likeness (QED) is 0.282. The predicted molar refractivity (Wildman–Crippen MR) is 41.6 cm³/mol. The molecule has 62 valence electrons. The Bertz CT molecular complexity index is 284. The molecule has 1 N–H and O–H groups in total. The number of hydrogen-bond acceptors (Lipinski definition) is 3. The second-order valence-electron chi connectivity index (χ2n) is 2.06. The van der Waals surface area contributed by atoms with Crippen molar-refractivity contribution in [3.05, 3.63) is 24.3 Å². The maximum Gasteiger partial charge on any atom is 1.00 e. The van der Waals surface area contributed by atoms with Crippen molar-refractivity contribution in [2.75, 3.05) is 0 Å². The summed E-state index contributed by atoms with van der Waals surface area (Å²) in [6.45, 7) is 1.28. The molecule has 0 unspecified atom stereocenters. The third-order valence-corrected chi connectivity index (χ3v) is 1.12. The predicted octanol–water partition coefficient (Wildman–Crippen LogP) is -4.45. The first kappa shape index (κ1) is 15.9. The standard InChI is InChI=1S/C8H8O3.2Na.2H/c1-6(9)11-8-5-3-2-4-7(8)10;;;;/h2-5,10H,1H3;;;;/q;2*+1;2*-1. The van der Waals surface area contributed by atoms with Crippen LogP contribution in [0.1, 0.15) is 9.78 Å². The molecule has 1 rings (SSSR count). The number of benzene rings is 1. The van der Waals surface area contributed by atoms with E-state index in [1.165, 1.54) is 19.1 Å². The fourth-order valence-electron chi connectivity index (χ4n) is 0.698. The van der Waals surface area contributed by atoms with Crippen LogP contribution in [0.25, 0.3) is 0 Å². The molecule has 0 aromatic heterocycles. The summed E-state index contributed by atoms with van der Waals surface area (Å²) < 4.78 is 4.66. The van der Waals surface area contributed by atoms with Gasteiger partial charge in [0.15, 0.2) is 11.5 Å². The Labute approximate surface area is 124 Å². The molecule has 0 heterocycles. The van der Waals surface area contributed by atoms with Gasteiger partial charge in [0.25, 0.3) is 0 Å². The van der Waals surface area contributed by atoms with Gasteiger partial charge < -0.3 is 12.7 Å². The topological polar surface area (TPSA) is 46.5 Å². The van der Waals surface area contributed by atoms with Crippen LogP contribution in [0.4, 0.5) is 0 Å². The van der Waals surface area contributed by atoms with Gasteiger partial charge >= 0.3 is 65.1 Å². The van der Waals surface area contributed by atoms with Crippen molar-refractivity contribution in [1.82, 2.24) is 0 Å². The van der Waals surface area contributed by atoms with E-state index in [1.54, 1.807) is 12.1 Å². The van der Waals surface area contributed by atoms with Crippen LogP contribution >= 0.6 is 0 Å². The van der Waals surface area contributed by atoms with Crippen LogP contribution in [0.5, 0.6) is 11.5 Å². The first-order chi connectivity index (χ1) is 5.20. The average molecular weight is 200 g/mol. The summed E-state index contributed by atoms with van der Waals surface area (Å²) in [5.74, 6) is -0.269. The molecule has 0 amide bonds. The van der Waals surface area contributed by atoms with E-state index in [0.717, 1.165) is 0 Å². The second kappa shape index (κ2) is 7.85. The molecule has 1 aromatic carbocycles. The van der Waals surface area contributed by atoms with Crippen LogP contribution in [-0.4, -0.2) is 11.1 Å². The molecular weight excluding hydrogens is 190 g/mol. The van der Waals surface area contributed by atoms with Gasteiger partial charge in [0, 0.05) is 6.92 Å². The van der Waals surface area contributed by atoms with Crippen molar-refractivity contribution < 1.29 is 76.6 Å². The molecule has 1 aromatic rings. The Morgan fingerprint density at radius 2 is 1.92 bits per heavy atom. The number of phenols is 1. The summed E-state index contributed by atoms with van der Waals surface area (Å²) in [5, 5.41) is 9.08. The van der Waals surface area contributed by atoms with Crippen molar-refractivity contribution in [3.8, 4) is 11.5 Å². The maximum atomic E-state index is 10.4. The first-order valence-electron chi connectivity index (χ1n) is 3.16. The summed E-state index contributed by atoms with van der Waals surface area (Å²) in [7, 11) is 0. The zero-order chi connectivity index (χ0) is 8.27. The molecule has 0 saturated carbocycles. The Morgan fingerprint density at radius 1 is 1.38 bits per heavy atom. The smallest absolute Gasteiger partial charge is 1.00 e. The minimum atomic E-state index is -0.438. The van der Waals surface area contributed by atoms with Gasteiger partial charge in [-0.05, 0) is 12.1 Å². The molecule has 0 aliphatic heterocycles. The van der Waals surface area contributed by atoms with Gasteiger partial charge in [0.05, 0.1) is 0 Å². The van der Waals surface area contributed by atoms with Crippen molar-refractivity contribution in [3.63, 3.8) is 0 Å². The van der Waals surface area contributed by atoms with Gasteiger partial charge in [-0.2, -0.15) is 0 Å². The molecule has 0 aliphatic carbocycles. The number of carbonyl (C=O) groups is 1. The Morgan fingerprint density at radius 3 is 2.38 bits per heavy atom. The number of phenolic OH excluding ortho intramolecular Hbond substituents is 1. The van der Waals surface area contributed by atoms with E-state index in [9.17, 15) is 4.79 Å². The van der Waals surface area contributed by atoms with E-state index in [4.69, 9.17) is 5.11 Å². The average Bonchev–Trinajstić information content (AvgIpc) is 1.93. The Balaban J connectivity index is -0.000000151. The van der Waals surface area contributed by atoms with E-state index in [-0.39, 0.29) is 73.5 Å². The summed E-state index contributed by atoms with van der Waals surface area (Å²) in [6.07, 6.45) is 0. The number of hydrogen-bond donors (Lipinski definition) is 1. The van der Waals surface area contributed by atoms with E-state index < -0.39 is 5.97 Å². The summed E-state index contributed by atoms with van der Waals surface area (Å²) in [6, 6.07) is 6.31. The molecule has 0 spiro atoms. The van der Waals surface area contributed by atoms with Crippen LogP contribution < -0.4 is 63.9 Å². The van der Waals surface area contributed by atoms with Crippen LogP contribution in [0.2, 0.25) is 0 Å². The van der Waals surface area contributed by atoms with Gasteiger partial charge in [-0.3, -0.25) is 4.79 Å².